The van der Waals surface area contributed by atoms with Crippen LogP contribution in [0.2, 0.25) is 10.0 Å². The van der Waals surface area contributed by atoms with E-state index in [4.69, 9.17) is 28.9 Å². The highest BCUT2D eigenvalue weighted by molar-refractivity contribution is 8.03. The molecular weight excluding hydrogens is 329 g/mol. The van der Waals surface area contributed by atoms with E-state index in [1.165, 1.54) is 10.5 Å². The summed E-state index contributed by atoms with van der Waals surface area (Å²) in [4.78, 5) is 2.27. The van der Waals surface area contributed by atoms with Gasteiger partial charge in [0.05, 0.1) is 5.02 Å². The van der Waals surface area contributed by atoms with Crippen LogP contribution < -0.4 is 5.73 Å². The Morgan fingerprint density at radius 2 is 1.65 bits per heavy atom. The number of nitrogen functional groups attached to an aromatic ring is 1. The van der Waals surface area contributed by atoms with Crippen molar-refractivity contribution >= 4 is 52.4 Å². The van der Waals surface area contributed by atoms with Gasteiger partial charge in [0.15, 0.2) is 0 Å². The summed E-state index contributed by atoms with van der Waals surface area (Å²) >= 11 is 15.6. The first-order valence-electron chi connectivity index (χ1n) is 6.13. The molecule has 0 fully saturated rings. The molecule has 0 bridgehead atoms. The highest BCUT2D eigenvalue weighted by Gasteiger charge is 2.04. The third-order valence-electron chi connectivity index (χ3n) is 2.70. The van der Waals surface area contributed by atoms with Crippen molar-refractivity contribution in [3.8, 4) is 0 Å². The van der Waals surface area contributed by atoms with Crippen LogP contribution in [0, 0.1) is 6.92 Å². The van der Waals surface area contributed by atoms with Crippen molar-refractivity contribution in [2.24, 2.45) is 0 Å². The molecule has 0 spiro atoms. The van der Waals surface area contributed by atoms with E-state index in [0.29, 0.717) is 0 Å². The zero-order valence-corrected chi connectivity index (χ0v) is 14.2. The molecule has 0 aliphatic heterocycles. The van der Waals surface area contributed by atoms with Gasteiger partial charge in [0.2, 0.25) is 0 Å². The van der Waals surface area contributed by atoms with Crippen LogP contribution in [0.15, 0.2) is 46.2 Å². The summed E-state index contributed by atoms with van der Waals surface area (Å²) in [6.07, 6.45) is 0. The van der Waals surface area contributed by atoms with Crippen molar-refractivity contribution in [2.45, 2.75) is 16.7 Å². The number of thioether (sulfide) groups is 2. The number of hydrogen-bond acceptors (Lipinski definition) is 3. The van der Waals surface area contributed by atoms with E-state index in [2.05, 4.69) is 13.0 Å². The van der Waals surface area contributed by atoms with Crippen LogP contribution >= 0.6 is 46.7 Å². The Balaban J connectivity index is 1.87. The average molecular weight is 344 g/mol. The molecule has 0 saturated heterocycles. The SMILES string of the molecule is Cc1ccc(N)cc1SCCSc1cc(Cl)ccc1Cl. The van der Waals surface area contributed by atoms with Gasteiger partial charge in [0, 0.05) is 32.0 Å². The van der Waals surface area contributed by atoms with Gasteiger partial charge in [-0.15, -0.1) is 23.5 Å². The monoisotopic (exact) mass is 343 g/mol. The summed E-state index contributed by atoms with van der Waals surface area (Å²) in [6, 6.07) is 11.6. The number of halogens is 2. The fourth-order valence-electron chi connectivity index (χ4n) is 1.66. The molecule has 5 heteroatoms. The van der Waals surface area contributed by atoms with Gasteiger partial charge in [-0.25, -0.2) is 0 Å². The topological polar surface area (TPSA) is 26.0 Å². The minimum Gasteiger partial charge on any atom is -0.399 e. The van der Waals surface area contributed by atoms with Crippen molar-refractivity contribution in [1.29, 1.82) is 0 Å². The van der Waals surface area contributed by atoms with Gasteiger partial charge < -0.3 is 5.73 Å². The van der Waals surface area contributed by atoms with Gasteiger partial charge in [-0.05, 0) is 42.8 Å². The van der Waals surface area contributed by atoms with E-state index in [1.807, 2.05) is 36.0 Å². The lowest BCUT2D eigenvalue weighted by atomic mass is 10.2. The molecule has 0 unspecified atom stereocenters. The van der Waals surface area contributed by atoms with E-state index >= 15 is 0 Å². The second-order valence-corrected chi connectivity index (χ2v) is 7.41. The third-order valence-corrected chi connectivity index (χ3v) is 5.86. The van der Waals surface area contributed by atoms with E-state index < -0.39 is 0 Å². The number of aryl methyl sites for hydroxylation is 1. The highest BCUT2D eigenvalue weighted by atomic mass is 35.5. The number of anilines is 1. The zero-order valence-electron chi connectivity index (χ0n) is 11.0. The second-order valence-electron chi connectivity index (χ2n) is 4.30. The van der Waals surface area contributed by atoms with E-state index in [1.54, 1.807) is 17.8 Å². The van der Waals surface area contributed by atoms with Crippen molar-refractivity contribution in [2.75, 3.05) is 17.2 Å². The summed E-state index contributed by atoms with van der Waals surface area (Å²) in [5, 5.41) is 1.47. The standard InChI is InChI=1S/C15H15Cl2NS2/c1-10-2-4-12(18)9-14(10)19-6-7-20-15-8-11(16)3-5-13(15)17/h2-5,8-9H,6-7,18H2,1H3. The summed E-state index contributed by atoms with van der Waals surface area (Å²) in [5.74, 6) is 1.97. The normalized spacial score (nSPS) is 10.8. The van der Waals surface area contributed by atoms with Crippen LogP contribution in [-0.2, 0) is 0 Å². The average Bonchev–Trinajstić information content (AvgIpc) is 2.42. The molecule has 0 radical (unpaired) electrons. The number of nitrogens with two attached hydrogens (primary N) is 1. The summed E-state index contributed by atoms with van der Waals surface area (Å²) in [6.45, 7) is 2.10. The fourth-order valence-corrected chi connectivity index (χ4v) is 4.22. The molecule has 2 rings (SSSR count). The number of hydrogen-bond donors (Lipinski definition) is 1. The molecule has 2 aromatic rings. The van der Waals surface area contributed by atoms with E-state index in [-0.39, 0.29) is 0 Å². The third kappa shape index (κ3) is 4.52. The van der Waals surface area contributed by atoms with Gasteiger partial charge in [0.25, 0.3) is 0 Å². The molecule has 0 aliphatic carbocycles. The van der Waals surface area contributed by atoms with Crippen molar-refractivity contribution in [3.63, 3.8) is 0 Å². The van der Waals surface area contributed by atoms with Crippen molar-refractivity contribution < 1.29 is 0 Å². The Kier molecular flexibility index (Phi) is 5.97. The molecule has 20 heavy (non-hydrogen) atoms. The molecule has 1 nitrogen and oxygen atoms in total. The molecule has 0 heterocycles. The van der Waals surface area contributed by atoms with Gasteiger partial charge >= 0.3 is 0 Å². The first-order chi connectivity index (χ1) is 9.56. The summed E-state index contributed by atoms with van der Waals surface area (Å²) in [7, 11) is 0. The Morgan fingerprint density at radius 3 is 2.40 bits per heavy atom. The molecule has 0 aliphatic rings. The van der Waals surface area contributed by atoms with Crippen LogP contribution in [0.3, 0.4) is 0 Å². The lowest BCUT2D eigenvalue weighted by Gasteiger charge is -2.07. The fraction of sp³-hybridized carbons (Fsp3) is 0.200. The lowest BCUT2D eigenvalue weighted by Crippen LogP contribution is -1.90. The molecule has 0 saturated carbocycles. The second kappa shape index (κ2) is 7.51. The van der Waals surface area contributed by atoms with Gasteiger partial charge in [-0.3, -0.25) is 0 Å². The molecule has 0 amide bonds. The van der Waals surface area contributed by atoms with Crippen LogP contribution in [0.4, 0.5) is 5.69 Å². The molecule has 106 valence electrons. The first kappa shape index (κ1) is 15.9. The van der Waals surface area contributed by atoms with Gasteiger partial charge in [-0.1, -0.05) is 29.3 Å². The molecule has 0 aromatic heterocycles. The van der Waals surface area contributed by atoms with Crippen molar-refractivity contribution in [1.82, 2.24) is 0 Å². The largest absolute Gasteiger partial charge is 0.399 e. The summed E-state index contributed by atoms with van der Waals surface area (Å²) < 4.78 is 0. The van der Waals surface area contributed by atoms with E-state index in [0.717, 1.165) is 32.1 Å². The highest BCUT2D eigenvalue weighted by Crippen LogP contribution is 2.31. The number of rotatable bonds is 5. The Hall–Kier alpha value is -0.480. The van der Waals surface area contributed by atoms with Crippen molar-refractivity contribution in [3.05, 3.63) is 52.0 Å². The lowest BCUT2D eigenvalue weighted by molar-refractivity contribution is 1.30. The predicted octanol–water partition coefficient (Wildman–Crippen LogP) is 5.77. The molecule has 0 atom stereocenters. The van der Waals surface area contributed by atoms with Crippen LogP contribution in [0.5, 0.6) is 0 Å². The van der Waals surface area contributed by atoms with Gasteiger partial charge in [-0.2, -0.15) is 0 Å². The van der Waals surface area contributed by atoms with Crippen LogP contribution in [0.1, 0.15) is 5.56 Å². The van der Waals surface area contributed by atoms with Gasteiger partial charge in [0.1, 0.15) is 0 Å². The maximum atomic E-state index is 6.14. The zero-order chi connectivity index (χ0) is 14.5. The van der Waals surface area contributed by atoms with Crippen LogP contribution in [-0.4, -0.2) is 11.5 Å². The minimum absolute atomic E-state index is 0.719. The Bertz CT molecular complexity index is 549. The van der Waals surface area contributed by atoms with E-state index in [9.17, 15) is 0 Å². The molecule has 2 aromatic carbocycles. The molecular formula is C15H15Cl2NS2. The maximum Gasteiger partial charge on any atom is 0.0542 e. The first-order valence-corrected chi connectivity index (χ1v) is 8.86. The Labute approximate surface area is 138 Å². The maximum absolute atomic E-state index is 6.14. The summed E-state index contributed by atoms with van der Waals surface area (Å²) in [5.41, 5.74) is 7.88. The Morgan fingerprint density at radius 1 is 0.950 bits per heavy atom. The minimum atomic E-state index is 0.719. The molecule has 2 N–H and O–H groups in total. The quantitative estimate of drug-likeness (QED) is 0.424. The smallest absolute Gasteiger partial charge is 0.0542 e. The predicted molar refractivity (Wildman–Crippen MR) is 93.5 cm³/mol. The van der Waals surface area contributed by atoms with Crippen LogP contribution in [0.25, 0.3) is 0 Å². The number of benzene rings is 2.